The summed E-state index contributed by atoms with van der Waals surface area (Å²) in [5.41, 5.74) is -0.0895. The molecule has 0 unspecified atom stereocenters. The van der Waals surface area contributed by atoms with E-state index in [1.807, 2.05) is 6.92 Å². The van der Waals surface area contributed by atoms with Gasteiger partial charge in [0.1, 0.15) is 0 Å². The fourth-order valence-corrected chi connectivity index (χ4v) is 1.70. The number of carbonyl (C=O) groups is 1. The monoisotopic (exact) mass is 206 g/mol. The summed E-state index contributed by atoms with van der Waals surface area (Å²) in [7, 11) is 0. The van der Waals surface area contributed by atoms with Gasteiger partial charge in [-0.3, -0.25) is 9.78 Å². The van der Waals surface area contributed by atoms with Crippen LogP contribution in [0, 0.1) is 0 Å². The quantitative estimate of drug-likeness (QED) is 0.774. The fraction of sp³-hybridized carbons (Fsp3) is 0.455. The minimum Gasteiger partial charge on any atom is -0.386 e. The van der Waals surface area contributed by atoms with Gasteiger partial charge in [-0.25, -0.2) is 0 Å². The Bertz CT molecular complexity index is 358. The highest BCUT2D eigenvalue weighted by molar-refractivity contribution is 5.94. The Kier molecular flexibility index (Phi) is 2.44. The van der Waals surface area contributed by atoms with Gasteiger partial charge in [-0.15, -0.1) is 0 Å². The van der Waals surface area contributed by atoms with E-state index in [4.69, 9.17) is 0 Å². The lowest BCUT2D eigenvalue weighted by Crippen LogP contribution is -2.63. The van der Waals surface area contributed by atoms with Gasteiger partial charge in [0, 0.05) is 12.4 Å². The lowest BCUT2D eigenvalue weighted by atomic mass is 9.91. The van der Waals surface area contributed by atoms with E-state index in [0.717, 1.165) is 0 Å². The van der Waals surface area contributed by atoms with Gasteiger partial charge in [-0.05, 0) is 18.6 Å². The van der Waals surface area contributed by atoms with E-state index in [9.17, 15) is 9.90 Å². The van der Waals surface area contributed by atoms with Gasteiger partial charge in [0.05, 0.1) is 24.3 Å². The maximum Gasteiger partial charge on any atom is 0.255 e. The molecule has 2 rings (SSSR count). The first-order valence-corrected chi connectivity index (χ1v) is 5.06. The SMILES string of the molecule is CCC1(O)CN(C(=O)c2cccnc2)C1. The standard InChI is InChI=1S/C11H14N2O2/c1-2-11(15)7-13(8-11)10(14)9-4-3-5-12-6-9/h3-6,15H,2,7-8H2,1H3. The van der Waals surface area contributed by atoms with E-state index in [1.54, 1.807) is 29.4 Å². The van der Waals surface area contributed by atoms with Crippen LogP contribution in [-0.2, 0) is 0 Å². The molecule has 1 fully saturated rings. The van der Waals surface area contributed by atoms with Crippen LogP contribution < -0.4 is 0 Å². The number of amides is 1. The van der Waals surface area contributed by atoms with E-state index >= 15 is 0 Å². The number of carbonyl (C=O) groups excluding carboxylic acids is 1. The summed E-state index contributed by atoms with van der Waals surface area (Å²) in [6.07, 6.45) is 3.87. The van der Waals surface area contributed by atoms with Crippen molar-refractivity contribution in [2.45, 2.75) is 18.9 Å². The number of nitrogens with zero attached hydrogens (tertiary/aromatic N) is 2. The van der Waals surface area contributed by atoms with Crippen molar-refractivity contribution in [2.75, 3.05) is 13.1 Å². The summed E-state index contributed by atoms with van der Waals surface area (Å²) in [5, 5.41) is 9.78. The molecule has 4 heteroatoms. The highest BCUT2D eigenvalue weighted by Crippen LogP contribution is 2.25. The minimum atomic E-state index is -0.669. The molecule has 1 aromatic rings. The van der Waals surface area contributed by atoms with Crippen molar-refractivity contribution in [1.82, 2.24) is 9.88 Å². The molecule has 1 saturated heterocycles. The molecular weight excluding hydrogens is 192 g/mol. The van der Waals surface area contributed by atoms with Crippen molar-refractivity contribution in [2.24, 2.45) is 0 Å². The van der Waals surface area contributed by atoms with Crippen molar-refractivity contribution >= 4 is 5.91 Å². The predicted molar refractivity (Wildman–Crippen MR) is 55.4 cm³/mol. The molecule has 1 aliphatic rings. The second-order valence-electron chi connectivity index (χ2n) is 3.98. The zero-order valence-corrected chi connectivity index (χ0v) is 8.68. The second kappa shape index (κ2) is 3.62. The second-order valence-corrected chi connectivity index (χ2v) is 3.98. The summed E-state index contributed by atoms with van der Waals surface area (Å²) in [4.78, 5) is 17.3. The lowest BCUT2D eigenvalue weighted by molar-refractivity contribution is -0.0826. The predicted octanol–water partition coefficient (Wildman–Crippen LogP) is 0.679. The number of β-amino-alcohol motifs (C(OH)–C–C–N with tert-alkyl or cyclic N) is 1. The normalized spacial score (nSPS) is 18.4. The molecule has 1 N–H and O–H groups in total. The molecule has 80 valence electrons. The third-order valence-electron chi connectivity index (χ3n) is 2.82. The average Bonchev–Trinajstić information content (AvgIpc) is 2.25. The van der Waals surface area contributed by atoms with E-state index in [1.165, 1.54) is 0 Å². The zero-order valence-electron chi connectivity index (χ0n) is 8.68. The van der Waals surface area contributed by atoms with Gasteiger partial charge in [-0.2, -0.15) is 0 Å². The summed E-state index contributed by atoms with van der Waals surface area (Å²) >= 11 is 0. The summed E-state index contributed by atoms with van der Waals surface area (Å²) in [6.45, 7) is 2.78. The van der Waals surface area contributed by atoms with Crippen molar-refractivity contribution < 1.29 is 9.90 Å². The van der Waals surface area contributed by atoms with Crippen LogP contribution in [0.25, 0.3) is 0 Å². The molecule has 1 aliphatic heterocycles. The first-order valence-electron chi connectivity index (χ1n) is 5.06. The highest BCUT2D eigenvalue weighted by atomic mass is 16.3. The van der Waals surface area contributed by atoms with E-state index in [0.29, 0.717) is 25.1 Å². The van der Waals surface area contributed by atoms with Crippen molar-refractivity contribution in [3.05, 3.63) is 30.1 Å². The summed E-state index contributed by atoms with van der Waals surface area (Å²) < 4.78 is 0. The van der Waals surface area contributed by atoms with Crippen molar-refractivity contribution in [3.8, 4) is 0 Å². The number of aliphatic hydroxyl groups is 1. The first kappa shape index (κ1) is 10.1. The first-order chi connectivity index (χ1) is 7.14. The molecule has 0 saturated carbocycles. The minimum absolute atomic E-state index is 0.0544. The molecule has 0 aliphatic carbocycles. The average molecular weight is 206 g/mol. The largest absolute Gasteiger partial charge is 0.386 e. The van der Waals surface area contributed by atoms with Gasteiger partial charge in [-0.1, -0.05) is 6.92 Å². The number of hydrogen-bond donors (Lipinski definition) is 1. The fourth-order valence-electron chi connectivity index (χ4n) is 1.70. The Morgan fingerprint density at radius 1 is 1.67 bits per heavy atom. The maximum atomic E-state index is 11.8. The van der Waals surface area contributed by atoms with Crippen LogP contribution in [-0.4, -0.2) is 39.6 Å². The molecule has 0 spiro atoms. The molecule has 0 aromatic carbocycles. The molecule has 1 amide bonds. The van der Waals surface area contributed by atoms with E-state index in [2.05, 4.69) is 4.98 Å². The van der Waals surface area contributed by atoms with Crippen LogP contribution in [0.5, 0.6) is 0 Å². The van der Waals surface area contributed by atoms with Gasteiger partial charge in [0.15, 0.2) is 0 Å². The molecule has 1 aromatic heterocycles. The van der Waals surface area contributed by atoms with E-state index < -0.39 is 5.60 Å². The molecule has 0 atom stereocenters. The number of rotatable bonds is 2. The topological polar surface area (TPSA) is 53.4 Å². The third kappa shape index (κ3) is 1.85. The van der Waals surface area contributed by atoms with Crippen molar-refractivity contribution in [1.29, 1.82) is 0 Å². The number of aromatic nitrogens is 1. The molecular formula is C11H14N2O2. The summed E-state index contributed by atoms with van der Waals surface area (Å²) in [6, 6.07) is 3.47. The Morgan fingerprint density at radius 2 is 2.40 bits per heavy atom. The van der Waals surface area contributed by atoms with Crippen molar-refractivity contribution in [3.63, 3.8) is 0 Å². The molecule has 4 nitrogen and oxygen atoms in total. The van der Waals surface area contributed by atoms with Gasteiger partial charge in [0.2, 0.25) is 0 Å². The third-order valence-corrected chi connectivity index (χ3v) is 2.82. The van der Waals surface area contributed by atoms with Gasteiger partial charge in [0.25, 0.3) is 5.91 Å². The van der Waals surface area contributed by atoms with Crippen LogP contribution in [0.3, 0.4) is 0 Å². The Hall–Kier alpha value is -1.42. The Labute approximate surface area is 88.6 Å². The van der Waals surface area contributed by atoms with E-state index in [-0.39, 0.29) is 5.91 Å². The number of pyridine rings is 1. The highest BCUT2D eigenvalue weighted by Gasteiger charge is 2.42. The lowest BCUT2D eigenvalue weighted by Gasteiger charge is -2.46. The van der Waals surface area contributed by atoms with Crippen LogP contribution in [0.15, 0.2) is 24.5 Å². The molecule has 2 heterocycles. The Balaban J connectivity index is 2.01. The zero-order chi connectivity index (χ0) is 10.9. The van der Waals surface area contributed by atoms with Gasteiger partial charge < -0.3 is 10.0 Å². The smallest absolute Gasteiger partial charge is 0.255 e. The number of likely N-dealkylation sites (tertiary alicyclic amines) is 1. The maximum absolute atomic E-state index is 11.8. The molecule has 15 heavy (non-hydrogen) atoms. The van der Waals surface area contributed by atoms with Crippen LogP contribution >= 0.6 is 0 Å². The summed E-state index contributed by atoms with van der Waals surface area (Å²) in [5.74, 6) is -0.0544. The molecule has 0 bridgehead atoms. The number of hydrogen-bond acceptors (Lipinski definition) is 3. The van der Waals surface area contributed by atoms with Gasteiger partial charge >= 0.3 is 0 Å². The van der Waals surface area contributed by atoms with Crippen LogP contribution in [0.2, 0.25) is 0 Å². The molecule has 0 radical (unpaired) electrons. The Morgan fingerprint density at radius 3 is 2.93 bits per heavy atom. The van der Waals surface area contributed by atoms with Crippen LogP contribution in [0.4, 0.5) is 0 Å². The van der Waals surface area contributed by atoms with Crippen LogP contribution in [0.1, 0.15) is 23.7 Å².